The number of methoxy groups -OCH3 is 1. The van der Waals surface area contributed by atoms with Gasteiger partial charge in [-0.05, 0) is 54.0 Å². The molecule has 186 valence electrons. The third-order valence-electron chi connectivity index (χ3n) is 6.13. The van der Waals surface area contributed by atoms with Crippen molar-refractivity contribution in [3.8, 4) is 11.5 Å². The molecule has 1 saturated heterocycles. The lowest BCUT2D eigenvalue weighted by Gasteiger charge is -2.30. The van der Waals surface area contributed by atoms with Crippen molar-refractivity contribution >= 4 is 15.9 Å². The van der Waals surface area contributed by atoms with Crippen LogP contribution in [0.5, 0.6) is 11.5 Å². The van der Waals surface area contributed by atoms with Gasteiger partial charge in [0, 0.05) is 19.6 Å². The third kappa shape index (κ3) is 6.30. The fourth-order valence-electron chi connectivity index (χ4n) is 4.04. The van der Waals surface area contributed by atoms with Crippen molar-refractivity contribution in [1.82, 2.24) is 9.62 Å². The van der Waals surface area contributed by atoms with Crippen molar-refractivity contribution in [3.63, 3.8) is 0 Å². The Hall–Kier alpha value is -2.58. The van der Waals surface area contributed by atoms with Gasteiger partial charge in [0.2, 0.25) is 10.0 Å². The number of sulfonamides is 1. The molecular formula is C26H36N2O5S. The average molecular weight is 489 g/mol. The van der Waals surface area contributed by atoms with Crippen LogP contribution in [0.3, 0.4) is 0 Å². The van der Waals surface area contributed by atoms with Crippen molar-refractivity contribution in [2.75, 3.05) is 33.4 Å². The summed E-state index contributed by atoms with van der Waals surface area (Å²) in [5, 5.41) is 0. The van der Waals surface area contributed by atoms with E-state index >= 15 is 0 Å². The van der Waals surface area contributed by atoms with Crippen LogP contribution in [0, 0.1) is 5.92 Å². The molecule has 7 nitrogen and oxygen atoms in total. The first-order valence-electron chi connectivity index (χ1n) is 11.7. The van der Waals surface area contributed by atoms with E-state index in [4.69, 9.17) is 9.47 Å². The van der Waals surface area contributed by atoms with Gasteiger partial charge in [-0.2, -0.15) is 0 Å². The largest absolute Gasteiger partial charge is 0.496 e. The van der Waals surface area contributed by atoms with Crippen LogP contribution in [0.15, 0.2) is 47.4 Å². The minimum atomic E-state index is -3.83. The fraction of sp³-hybridized carbons (Fsp3) is 0.500. The highest BCUT2D eigenvalue weighted by Crippen LogP contribution is 2.31. The maximum Gasteiger partial charge on any atom is 0.257 e. The second-order valence-corrected chi connectivity index (χ2v) is 11.6. The number of piperidine rings is 1. The van der Waals surface area contributed by atoms with Crippen LogP contribution in [-0.4, -0.2) is 52.6 Å². The molecule has 1 aliphatic rings. The highest BCUT2D eigenvalue weighted by atomic mass is 32.2. The number of benzene rings is 2. The number of amides is 1. The van der Waals surface area contributed by atoms with Gasteiger partial charge in [0.25, 0.3) is 5.91 Å². The molecule has 0 saturated carbocycles. The van der Waals surface area contributed by atoms with Gasteiger partial charge in [-0.25, -0.2) is 13.1 Å². The van der Waals surface area contributed by atoms with Crippen molar-refractivity contribution in [3.05, 3.63) is 53.6 Å². The van der Waals surface area contributed by atoms with Crippen LogP contribution < -0.4 is 14.2 Å². The first-order chi connectivity index (χ1) is 16.0. The summed E-state index contributed by atoms with van der Waals surface area (Å²) in [6.45, 7) is 10.1. The van der Waals surface area contributed by atoms with Gasteiger partial charge >= 0.3 is 0 Å². The van der Waals surface area contributed by atoms with E-state index in [2.05, 4.69) is 32.4 Å². The summed E-state index contributed by atoms with van der Waals surface area (Å²) in [5.74, 6) is 1.48. The van der Waals surface area contributed by atoms with Gasteiger partial charge in [-0.15, -0.1) is 0 Å². The molecule has 0 bridgehead atoms. The van der Waals surface area contributed by atoms with Crippen LogP contribution >= 0.6 is 0 Å². The number of hydrogen-bond acceptors (Lipinski definition) is 5. The highest BCUT2D eigenvalue weighted by molar-refractivity contribution is 7.89. The Labute approximate surface area is 203 Å². The molecule has 0 spiro atoms. The number of ether oxygens (including phenoxy) is 2. The molecule has 2 aromatic carbocycles. The Morgan fingerprint density at radius 1 is 1.09 bits per heavy atom. The Bertz CT molecular complexity index is 1100. The molecule has 3 rings (SSSR count). The van der Waals surface area contributed by atoms with Gasteiger partial charge in [-0.3, -0.25) is 4.79 Å². The first-order valence-corrected chi connectivity index (χ1v) is 13.2. The number of para-hydroxylation sites is 1. The van der Waals surface area contributed by atoms with E-state index in [1.807, 2.05) is 24.3 Å². The number of carbonyl (C=O) groups excluding carboxylic acids is 1. The third-order valence-corrected chi connectivity index (χ3v) is 7.59. The zero-order valence-corrected chi connectivity index (χ0v) is 21.6. The lowest BCUT2D eigenvalue weighted by atomic mass is 9.86. The average Bonchev–Trinajstić information content (AvgIpc) is 2.81. The van der Waals surface area contributed by atoms with Gasteiger partial charge in [0.1, 0.15) is 18.1 Å². The van der Waals surface area contributed by atoms with Gasteiger partial charge in [0.15, 0.2) is 0 Å². The van der Waals surface area contributed by atoms with Crippen molar-refractivity contribution < 1.29 is 22.7 Å². The molecule has 0 radical (unpaired) electrons. The quantitative estimate of drug-likeness (QED) is 0.563. The monoisotopic (exact) mass is 488 g/mol. The lowest BCUT2D eigenvalue weighted by Crippen LogP contribution is -2.38. The number of nitrogens with one attached hydrogen (secondary N) is 1. The summed E-state index contributed by atoms with van der Waals surface area (Å²) in [6, 6.07) is 12.1. The molecule has 1 aliphatic heterocycles. The Kier molecular flexibility index (Phi) is 8.25. The molecule has 0 unspecified atom stereocenters. The summed E-state index contributed by atoms with van der Waals surface area (Å²) in [7, 11) is -2.35. The predicted octanol–water partition coefficient (Wildman–Crippen LogP) is 4.22. The second-order valence-electron chi connectivity index (χ2n) is 9.83. The molecule has 1 amide bonds. The van der Waals surface area contributed by atoms with E-state index in [-0.39, 0.29) is 34.9 Å². The smallest absolute Gasteiger partial charge is 0.257 e. The van der Waals surface area contributed by atoms with Crippen LogP contribution in [0.25, 0.3) is 0 Å². The van der Waals surface area contributed by atoms with E-state index in [1.54, 1.807) is 4.90 Å². The summed E-state index contributed by atoms with van der Waals surface area (Å²) < 4.78 is 39.7. The number of carbonyl (C=O) groups is 1. The van der Waals surface area contributed by atoms with E-state index < -0.39 is 10.0 Å². The Balaban J connectivity index is 1.68. The molecule has 1 N–H and O–H groups in total. The fourth-order valence-corrected chi connectivity index (χ4v) is 5.07. The zero-order valence-electron chi connectivity index (χ0n) is 20.8. The van der Waals surface area contributed by atoms with E-state index in [9.17, 15) is 13.2 Å². The molecule has 2 aromatic rings. The maximum absolute atomic E-state index is 13.1. The van der Waals surface area contributed by atoms with Crippen LogP contribution in [0.2, 0.25) is 0 Å². The second kappa shape index (κ2) is 10.8. The molecule has 1 fully saturated rings. The number of nitrogens with zero attached hydrogens (tertiary/aromatic N) is 1. The first kappa shape index (κ1) is 26.0. The highest BCUT2D eigenvalue weighted by Gasteiger charge is 2.26. The summed E-state index contributed by atoms with van der Waals surface area (Å²) in [5.41, 5.74) is 1.23. The standard InChI is InChI=1S/C26H36N2O5S/c1-19-12-15-28(16-13-19)25(29)21-18-20(10-11-23(21)32-5)34(30,31)27-14-17-33-24-9-7-6-8-22(24)26(2,3)4/h6-11,18-19,27H,12-17H2,1-5H3. The molecule has 1 heterocycles. The maximum atomic E-state index is 13.1. The van der Waals surface area contributed by atoms with Gasteiger partial charge < -0.3 is 14.4 Å². The Morgan fingerprint density at radius 3 is 2.41 bits per heavy atom. The van der Waals surface area contributed by atoms with Gasteiger partial charge in [-0.1, -0.05) is 45.9 Å². The zero-order chi connectivity index (χ0) is 24.9. The topological polar surface area (TPSA) is 84.9 Å². The van der Waals surface area contributed by atoms with E-state index in [1.165, 1.54) is 25.3 Å². The lowest BCUT2D eigenvalue weighted by molar-refractivity contribution is 0.0693. The van der Waals surface area contributed by atoms with Crippen molar-refractivity contribution in [2.24, 2.45) is 5.92 Å². The number of rotatable bonds is 8. The van der Waals surface area contributed by atoms with Crippen LogP contribution in [-0.2, 0) is 15.4 Å². The Morgan fingerprint density at radius 2 is 1.76 bits per heavy atom. The van der Waals surface area contributed by atoms with Crippen molar-refractivity contribution in [1.29, 1.82) is 0 Å². The predicted molar refractivity (Wildman–Crippen MR) is 133 cm³/mol. The number of likely N-dealkylation sites (tertiary alicyclic amines) is 1. The summed E-state index contributed by atoms with van der Waals surface area (Å²) in [6.07, 6.45) is 1.87. The number of hydrogen-bond donors (Lipinski definition) is 1. The molecule has 0 aliphatic carbocycles. The molecule has 0 aromatic heterocycles. The molecule has 34 heavy (non-hydrogen) atoms. The van der Waals surface area contributed by atoms with Gasteiger partial charge in [0.05, 0.1) is 17.6 Å². The molecule has 8 heteroatoms. The summed E-state index contributed by atoms with van der Waals surface area (Å²) in [4.78, 5) is 14.9. The normalized spacial score (nSPS) is 15.3. The van der Waals surface area contributed by atoms with E-state index in [0.29, 0.717) is 24.8 Å². The minimum Gasteiger partial charge on any atom is -0.496 e. The minimum absolute atomic E-state index is 0.0251. The van der Waals surface area contributed by atoms with E-state index in [0.717, 1.165) is 24.2 Å². The SMILES string of the molecule is COc1ccc(S(=O)(=O)NCCOc2ccccc2C(C)(C)C)cc1C(=O)N1CCC(C)CC1. The van der Waals surface area contributed by atoms with Crippen molar-refractivity contribution in [2.45, 2.75) is 50.8 Å². The van der Waals surface area contributed by atoms with Crippen LogP contribution in [0.1, 0.15) is 56.5 Å². The molecular weight excluding hydrogens is 452 g/mol. The summed E-state index contributed by atoms with van der Waals surface area (Å²) >= 11 is 0. The molecule has 0 atom stereocenters. The van der Waals surface area contributed by atoms with Crippen LogP contribution in [0.4, 0.5) is 0 Å².